The fraction of sp³-hybridized carbons (Fsp3) is 0.562. The van der Waals surface area contributed by atoms with E-state index in [-0.39, 0.29) is 12.1 Å². The summed E-state index contributed by atoms with van der Waals surface area (Å²) in [6.07, 6.45) is 4.39. The Bertz CT molecular complexity index is 505. The molecule has 0 spiro atoms. The van der Waals surface area contributed by atoms with Gasteiger partial charge in [-0.3, -0.25) is 0 Å². The first kappa shape index (κ1) is 16.6. The highest BCUT2D eigenvalue weighted by molar-refractivity contribution is 6.36. The topological polar surface area (TPSA) is 30.7 Å². The molecule has 0 aliphatic heterocycles. The van der Waals surface area contributed by atoms with E-state index in [1.165, 1.54) is 11.3 Å². The second-order valence-electron chi connectivity index (χ2n) is 6.02. The van der Waals surface area contributed by atoms with Crippen LogP contribution in [-0.4, -0.2) is 32.7 Å². The Morgan fingerprint density at radius 3 is 2.67 bits per heavy atom. The third kappa shape index (κ3) is 4.60. The fourth-order valence-corrected chi connectivity index (χ4v) is 3.43. The van der Waals surface area contributed by atoms with Crippen molar-refractivity contribution in [1.82, 2.24) is 0 Å². The molecule has 1 aliphatic carbocycles. The minimum atomic E-state index is -0.345. The van der Waals surface area contributed by atoms with E-state index >= 15 is 0 Å². The van der Waals surface area contributed by atoms with E-state index in [9.17, 15) is 4.79 Å². The molecule has 1 N–H and O–H groups in total. The van der Waals surface area contributed by atoms with Crippen LogP contribution in [0.25, 0.3) is 0 Å². The monoisotopic (exact) mass is 330 g/mol. The van der Waals surface area contributed by atoms with Gasteiger partial charge in [0.25, 0.3) is 0 Å². The van der Waals surface area contributed by atoms with Crippen LogP contribution in [0.1, 0.15) is 36.0 Å². The van der Waals surface area contributed by atoms with E-state index in [0.29, 0.717) is 21.5 Å². The number of hydrogen-bond donors (Lipinski definition) is 1. The molecule has 0 amide bonds. The van der Waals surface area contributed by atoms with Gasteiger partial charge in [-0.2, -0.15) is 0 Å². The smallest absolute Gasteiger partial charge is 0.339 e. The van der Waals surface area contributed by atoms with Gasteiger partial charge >= 0.3 is 5.97 Å². The maximum Gasteiger partial charge on any atom is 0.339 e. The van der Waals surface area contributed by atoms with E-state index in [1.807, 2.05) is 0 Å². The summed E-state index contributed by atoms with van der Waals surface area (Å²) in [5.41, 5.74) is 0.391. The van der Waals surface area contributed by atoms with Crippen molar-refractivity contribution in [2.75, 3.05) is 20.6 Å². The highest BCUT2D eigenvalue weighted by Crippen LogP contribution is 2.28. The van der Waals surface area contributed by atoms with Crippen LogP contribution < -0.4 is 4.90 Å². The van der Waals surface area contributed by atoms with Crippen LogP contribution in [0.2, 0.25) is 10.0 Å². The molecule has 0 aromatic heterocycles. The molecule has 3 nitrogen and oxygen atoms in total. The lowest BCUT2D eigenvalue weighted by Crippen LogP contribution is -3.06. The molecule has 0 radical (unpaired) electrons. The fourth-order valence-electron chi connectivity index (χ4n) is 2.94. The lowest BCUT2D eigenvalue weighted by Gasteiger charge is -2.31. The quantitative estimate of drug-likeness (QED) is 0.860. The zero-order valence-electron chi connectivity index (χ0n) is 12.5. The molecule has 0 saturated heterocycles. The van der Waals surface area contributed by atoms with Crippen molar-refractivity contribution in [1.29, 1.82) is 0 Å². The summed E-state index contributed by atoms with van der Waals surface area (Å²) < 4.78 is 5.73. The van der Waals surface area contributed by atoms with Gasteiger partial charge in [0.05, 0.1) is 31.2 Å². The number of hydrogen-bond acceptors (Lipinski definition) is 2. The van der Waals surface area contributed by atoms with E-state index in [4.69, 9.17) is 27.9 Å². The van der Waals surface area contributed by atoms with Crippen LogP contribution >= 0.6 is 23.2 Å². The normalized spacial score (nSPS) is 22.3. The molecule has 21 heavy (non-hydrogen) atoms. The van der Waals surface area contributed by atoms with Crippen molar-refractivity contribution < 1.29 is 14.4 Å². The summed E-state index contributed by atoms with van der Waals surface area (Å²) in [5, 5.41) is 0.862. The maximum atomic E-state index is 12.3. The standard InChI is InChI=1S/C16H21Cl2NO2/c1-19(2)10-11-5-3-4-6-15(11)21-16(20)13-8-7-12(17)9-14(13)18/h7-9,11,15H,3-6,10H2,1-2H3/p+1/t11-,15+/m1/s1. The maximum absolute atomic E-state index is 12.3. The van der Waals surface area contributed by atoms with Crippen LogP contribution in [0.4, 0.5) is 0 Å². The number of halogens is 2. The molecule has 0 unspecified atom stereocenters. The molecular weight excluding hydrogens is 309 g/mol. The van der Waals surface area contributed by atoms with E-state index in [0.717, 1.165) is 25.8 Å². The molecule has 1 aliphatic rings. The first-order valence-corrected chi connectivity index (χ1v) is 8.18. The number of nitrogens with one attached hydrogen (secondary N) is 1. The van der Waals surface area contributed by atoms with Crippen molar-refractivity contribution in [2.24, 2.45) is 5.92 Å². The van der Waals surface area contributed by atoms with E-state index in [1.54, 1.807) is 18.2 Å². The number of carbonyl (C=O) groups is 1. The van der Waals surface area contributed by atoms with Gasteiger partial charge in [-0.05, 0) is 37.5 Å². The SMILES string of the molecule is C[NH+](C)C[C@H]1CCCC[C@@H]1OC(=O)c1ccc(Cl)cc1Cl. The number of rotatable bonds is 4. The molecule has 5 heteroatoms. The largest absolute Gasteiger partial charge is 0.458 e. The van der Waals surface area contributed by atoms with Crippen LogP contribution in [0.5, 0.6) is 0 Å². The lowest BCUT2D eigenvalue weighted by molar-refractivity contribution is -0.862. The summed E-state index contributed by atoms with van der Waals surface area (Å²) in [6.45, 7) is 1.02. The number of esters is 1. The average Bonchev–Trinajstić information content (AvgIpc) is 2.40. The zero-order chi connectivity index (χ0) is 15.4. The summed E-state index contributed by atoms with van der Waals surface area (Å²) in [4.78, 5) is 13.7. The Hall–Kier alpha value is -0.770. The number of carbonyl (C=O) groups excluding carboxylic acids is 1. The van der Waals surface area contributed by atoms with Crippen molar-refractivity contribution in [2.45, 2.75) is 31.8 Å². The lowest BCUT2D eigenvalue weighted by atomic mass is 9.86. The second kappa shape index (κ2) is 7.48. The average molecular weight is 331 g/mol. The van der Waals surface area contributed by atoms with Crippen LogP contribution in [0, 0.1) is 5.92 Å². The first-order chi connectivity index (χ1) is 9.97. The van der Waals surface area contributed by atoms with Crippen LogP contribution in [-0.2, 0) is 4.74 Å². The second-order valence-corrected chi connectivity index (χ2v) is 6.87. The highest BCUT2D eigenvalue weighted by Gasteiger charge is 2.31. The van der Waals surface area contributed by atoms with Gasteiger partial charge in [-0.25, -0.2) is 4.79 Å². The first-order valence-electron chi connectivity index (χ1n) is 7.42. The van der Waals surface area contributed by atoms with Gasteiger partial charge in [0, 0.05) is 10.9 Å². The number of quaternary nitrogens is 1. The van der Waals surface area contributed by atoms with Gasteiger partial charge in [0.15, 0.2) is 0 Å². The molecule has 1 aromatic rings. The summed E-state index contributed by atoms with van der Waals surface area (Å²) in [5.74, 6) is 0.0844. The predicted molar refractivity (Wildman–Crippen MR) is 85.3 cm³/mol. The minimum absolute atomic E-state index is 0.00658. The van der Waals surface area contributed by atoms with Crippen molar-refractivity contribution in [3.05, 3.63) is 33.8 Å². The molecule has 1 saturated carbocycles. The van der Waals surface area contributed by atoms with Crippen LogP contribution in [0.3, 0.4) is 0 Å². The predicted octanol–water partition coefficient (Wildman–Crippen LogP) is 2.85. The Kier molecular flexibility index (Phi) is 5.91. The highest BCUT2D eigenvalue weighted by atomic mass is 35.5. The molecule has 1 fully saturated rings. The minimum Gasteiger partial charge on any atom is -0.458 e. The van der Waals surface area contributed by atoms with Gasteiger partial charge < -0.3 is 9.64 Å². The summed E-state index contributed by atoms with van der Waals surface area (Å²) >= 11 is 11.9. The molecule has 2 rings (SSSR count). The molecule has 0 bridgehead atoms. The van der Waals surface area contributed by atoms with Gasteiger partial charge in [0.2, 0.25) is 0 Å². The molecule has 0 heterocycles. The van der Waals surface area contributed by atoms with Crippen LogP contribution in [0.15, 0.2) is 18.2 Å². The Morgan fingerprint density at radius 2 is 2.00 bits per heavy atom. The van der Waals surface area contributed by atoms with Crippen molar-refractivity contribution in [3.8, 4) is 0 Å². The van der Waals surface area contributed by atoms with Crippen molar-refractivity contribution in [3.63, 3.8) is 0 Å². The molecule has 116 valence electrons. The number of ether oxygens (including phenoxy) is 1. The Balaban J connectivity index is 2.06. The van der Waals surface area contributed by atoms with E-state index < -0.39 is 0 Å². The van der Waals surface area contributed by atoms with Gasteiger partial charge in [-0.1, -0.05) is 29.6 Å². The molecular formula is C16H22Cl2NO2+. The van der Waals surface area contributed by atoms with Gasteiger partial charge in [0.1, 0.15) is 6.10 Å². The molecule has 1 aromatic carbocycles. The summed E-state index contributed by atoms with van der Waals surface area (Å²) in [7, 11) is 4.26. The Labute approximate surface area is 136 Å². The number of benzene rings is 1. The summed E-state index contributed by atoms with van der Waals surface area (Å²) in [6, 6.07) is 4.86. The van der Waals surface area contributed by atoms with Gasteiger partial charge in [-0.15, -0.1) is 0 Å². The third-order valence-electron chi connectivity index (χ3n) is 3.92. The molecule has 2 atom stereocenters. The van der Waals surface area contributed by atoms with Crippen molar-refractivity contribution >= 4 is 29.2 Å². The zero-order valence-corrected chi connectivity index (χ0v) is 14.0. The third-order valence-corrected chi connectivity index (χ3v) is 4.47. The van der Waals surface area contributed by atoms with E-state index in [2.05, 4.69) is 14.1 Å². The Morgan fingerprint density at radius 1 is 1.29 bits per heavy atom.